The quantitative estimate of drug-likeness (QED) is 0.0775. The molecule has 0 saturated carbocycles. The molecule has 1 fully saturated rings. The molecular weight excluding hydrogens is 642 g/mol. The molecule has 49 heavy (non-hydrogen) atoms. The van der Waals surface area contributed by atoms with Crippen LogP contribution < -0.4 is 10.5 Å². The number of aliphatic hydroxyl groups is 1. The summed E-state index contributed by atoms with van der Waals surface area (Å²) < 4.78 is 59.8. The summed E-state index contributed by atoms with van der Waals surface area (Å²) in [5.74, 6) is -7.12. The largest absolute Gasteiger partial charge is 0.507 e. The fourth-order valence-corrected chi connectivity index (χ4v) is 5.70. The standard InChI is InChI=1S/C36H29F4N5O4/c37-25-3-1-2-23(16-25)20-45-21-24(17-28-30(38)8-9-31(39)34(28)40)18-29(35(45)48)32(46)19-33(47)36(49)43-14-12-42(13-15-43)26-4-6-27(7-5-26)44-11-10-41-22-44/h1-11,16,18-19,21-22,46H,12-15,17,20H2. The molecule has 13 heteroatoms. The van der Waals surface area contributed by atoms with Crippen molar-refractivity contribution in [3.05, 3.63) is 154 Å². The van der Waals surface area contributed by atoms with Crippen LogP contribution in [0.2, 0.25) is 0 Å². The first-order chi connectivity index (χ1) is 23.6. The second-order valence-corrected chi connectivity index (χ2v) is 11.5. The van der Waals surface area contributed by atoms with Gasteiger partial charge in [-0.25, -0.2) is 22.5 Å². The Kier molecular flexibility index (Phi) is 9.42. The highest BCUT2D eigenvalue weighted by molar-refractivity contribution is 6.41. The normalized spacial score (nSPS) is 13.5. The number of anilines is 1. The maximum atomic E-state index is 14.5. The Hall–Kier alpha value is -5.98. The van der Waals surface area contributed by atoms with Crippen LogP contribution in [-0.2, 0) is 22.6 Å². The minimum Gasteiger partial charge on any atom is -0.507 e. The van der Waals surface area contributed by atoms with Gasteiger partial charge in [-0.15, -0.1) is 0 Å². The fourth-order valence-electron chi connectivity index (χ4n) is 5.70. The van der Waals surface area contributed by atoms with E-state index < -0.39 is 63.8 Å². The number of pyridine rings is 1. The zero-order chi connectivity index (χ0) is 34.7. The molecule has 0 bridgehead atoms. The van der Waals surface area contributed by atoms with E-state index in [1.54, 1.807) is 18.6 Å². The van der Waals surface area contributed by atoms with Crippen LogP contribution in [0.3, 0.4) is 0 Å². The summed E-state index contributed by atoms with van der Waals surface area (Å²) in [6, 6.07) is 15.7. The van der Waals surface area contributed by atoms with Crippen molar-refractivity contribution in [1.82, 2.24) is 19.0 Å². The van der Waals surface area contributed by atoms with Crippen molar-refractivity contribution in [2.45, 2.75) is 13.0 Å². The first-order valence-corrected chi connectivity index (χ1v) is 15.2. The van der Waals surface area contributed by atoms with E-state index in [4.69, 9.17) is 0 Å². The summed E-state index contributed by atoms with van der Waals surface area (Å²) in [7, 11) is 0. The highest BCUT2D eigenvalue weighted by atomic mass is 19.2. The van der Waals surface area contributed by atoms with Crippen LogP contribution in [0.15, 0.2) is 103 Å². The van der Waals surface area contributed by atoms with E-state index in [0.717, 1.165) is 28.1 Å². The van der Waals surface area contributed by atoms with Crippen molar-refractivity contribution in [2.24, 2.45) is 0 Å². The second kappa shape index (κ2) is 14.0. The number of aliphatic hydroxyl groups excluding tert-OH is 1. The predicted octanol–water partition coefficient (Wildman–Crippen LogP) is 5.05. The van der Waals surface area contributed by atoms with Crippen LogP contribution in [0.1, 0.15) is 22.3 Å². The molecule has 0 atom stereocenters. The first-order valence-electron chi connectivity index (χ1n) is 15.2. The number of benzene rings is 3. The number of carbonyl (C=O) groups is 2. The molecule has 0 radical (unpaired) electrons. The van der Waals surface area contributed by atoms with Crippen LogP contribution in [-0.4, -0.2) is 62.0 Å². The molecule has 0 spiro atoms. The molecule has 1 aliphatic rings. The minimum atomic E-state index is -1.42. The average Bonchev–Trinajstić information content (AvgIpc) is 3.65. The molecule has 1 N–H and O–H groups in total. The van der Waals surface area contributed by atoms with Crippen LogP contribution in [0.25, 0.3) is 11.4 Å². The molecule has 1 amide bonds. The lowest BCUT2D eigenvalue weighted by molar-refractivity contribution is -0.142. The molecule has 9 nitrogen and oxygen atoms in total. The molecule has 5 aromatic rings. The molecule has 3 aromatic carbocycles. The Morgan fingerprint density at radius 3 is 2.27 bits per heavy atom. The van der Waals surface area contributed by atoms with Gasteiger partial charge in [0.25, 0.3) is 11.5 Å². The number of amides is 1. The van der Waals surface area contributed by atoms with Crippen LogP contribution in [0.4, 0.5) is 23.2 Å². The van der Waals surface area contributed by atoms with Crippen molar-refractivity contribution in [3.8, 4) is 5.69 Å². The van der Waals surface area contributed by atoms with Crippen molar-refractivity contribution >= 4 is 23.1 Å². The van der Waals surface area contributed by atoms with Gasteiger partial charge in [-0.05, 0) is 65.7 Å². The number of imidazole rings is 1. The third-order valence-electron chi connectivity index (χ3n) is 8.24. The van der Waals surface area contributed by atoms with Crippen molar-refractivity contribution in [3.63, 3.8) is 0 Å². The van der Waals surface area contributed by atoms with E-state index in [1.807, 2.05) is 35.0 Å². The second-order valence-electron chi connectivity index (χ2n) is 11.5. The average molecular weight is 672 g/mol. The van der Waals surface area contributed by atoms with Gasteiger partial charge < -0.3 is 24.0 Å². The number of hydrogen-bond acceptors (Lipinski definition) is 6. The molecular formula is C36H29F4N5O4. The van der Waals surface area contributed by atoms with E-state index in [9.17, 15) is 37.1 Å². The summed E-state index contributed by atoms with van der Waals surface area (Å²) in [5.41, 5.74) is 0.411. The molecule has 250 valence electrons. The van der Waals surface area contributed by atoms with Gasteiger partial charge >= 0.3 is 0 Å². The summed E-state index contributed by atoms with van der Waals surface area (Å²) >= 11 is 0. The number of piperazine rings is 1. The topological polar surface area (TPSA) is 101 Å². The Balaban J connectivity index is 1.21. The number of nitrogens with zero attached hydrogens (tertiary/aromatic N) is 5. The first kappa shape index (κ1) is 32.9. The van der Waals surface area contributed by atoms with Crippen LogP contribution in [0, 0.1) is 23.3 Å². The minimum absolute atomic E-state index is 0.0716. The summed E-state index contributed by atoms with van der Waals surface area (Å²) in [6.45, 7) is 1.13. The SMILES string of the molecule is O=C(C=C(O)c1cc(Cc2c(F)ccc(F)c2F)cn(Cc2cccc(F)c2)c1=O)C(=O)N1CCN(c2ccc(-n3ccnc3)cc2)CC1. The number of halogens is 4. The van der Waals surface area contributed by atoms with Crippen LogP contribution in [0.5, 0.6) is 0 Å². The molecule has 6 rings (SSSR count). The Bertz CT molecular complexity index is 2110. The molecule has 2 aromatic heterocycles. The van der Waals surface area contributed by atoms with Gasteiger partial charge in [-0.3, -0.25) is 14.4 Å². The third-order valence-corrected chi connectivity index (χ3v) is 8.24. The third kappa shape index (κ3) is 7.30. The van der Waals surface area contributed by atoms with Gasteiger partial charge in [0.1, 0.15) is 17.4 Å². The number of aromatic nitrogens is 3. The predicted molar refractivity (Wildman–Crippen MR) is 173 cm³/mol. The van der Waals surface area contributed by atoms with E-state index in [2.05, 4.69) is 9.88 Å². The fraction of sp³-hybridized carbons (Fsp3) is 0.167. The van der Waals surface area contributed by atoms with E-state index >= 15 is 0 Å². The Labute approximate surface area is 277 Å². The number of hydrogen-bond donors (Lipinski definition) is 1. The molecule has 0 aliphatic carbocycles. The zero-order valence-electron chi connectivity index (χ0n) is 25.9. The number of rotatable bonds is 9. The molecule has 3 heterocycles. The van der Waals surface area contributed by atoms with Gasteiger partial charge in [0, 0.05) is 74.2 Å². The van der Waals surface area contributed by atoms with Crippen molar-refractivity contribution in [1.29, 1.82) is 0 Å². The summed E-state index contributed by atoms with van der Waals surface area (Å²) in [6.07, 6.45) is 6.55. The van der Waals surface area contributed by atoms with Crippen LogP contribution >= 0.6 is 0 Å². The monoisotopic (exact) mass is 671 g/mol. The number of ketones is 1. The van der Waals surface area contributed by atoms with Gasteiger partial charge in [-0.2, -0.15) is 0 Å². The lowest BCUT2D eigenvalue weighted by Gasteiger charge is -2.35. The van der Waals surface area contributed by atoms with Crippen molar-refractivity contribution < 1.29 is 32.3 Å². The lowest BCUT2D eigenvalue weighted by atomic mass is 10.0. The van der Waals surface area contributed by atoms with Crippen molar-refractivity contribution in [2.75, 3.05) is 31.1 Å². The van der Waals surface area contributed by atoms with Gasteiger partial charge in [0.2, 0.25) is 5.78 Å². The van der Waals surface area contributed by atoms with Gasteiger partial charge in [0.05, 0.1) is 18.4 Å². The van der Waals surface area contributed by atoms with E-state index in [1.165, 1.54) is 29.3 Å². The van der Waals surface area contributed by atoms with E-state index in [0.29, 0.717) is 30.8 Å². The maximum absolute atomic E-state index is 14.5. The molecule has 1 saturated heterocycles. The zero-order valence-corrected chi connectivity index (χ0v) is 25.9. The van der Waals surface area contributed by atoms with E-state index in [-0.39, 0.29) is 25.2 Å². The maximum Gasteiger partial charge on any atom is 0.294 e. The summed E-state index contributed by atoms with van der Waals surface area (Å²) in [5, 5.41) is 11.0. The van der Waals surface area contributed by atoms with Gasteiger partial charge in [0.15, 0.2) is 11.6 Å². The summed E-state index contributed by atoms with van der Waals surface area (Å²) in [4.78, 5) is 47.0. The Morgan fingerprint density at radius 1 is 0.857 bits per heavy atom. The highest BCUT2D eigenvalue weighted by Crippen LogP contribution is 2.22. The smallest absolute Gasteiger partial charge is 0.294 e. The Morgan fingerprint density at radius 2 is 1.57 bits per heavy atom. The molecule has 0 unspecified atom stereocenters. The number of carbonyl (C=O) groups excluding carboxylic acids is 2. The lowest BCUT2D eigenvalue weighted by Crippen LogP contribution is -2.50. The highest BCUT2D eigenvalue weighted by Gasteiger charge is 2.26. The van der Waals surface area contributed by atoms with Gasteiger partial charge in [-0.1, -0.05) is 12.1 Å². The molecule has 1 aliphatic heterocycles.